The molecule has 2 aromatic rings. The molecule has 0 spiro atoms. The van der Waals surface area contributed by atoms with Crippen LogP contribution < -0.4 is 10.2 Å². The van der Waals surface area contributed by atoms with Crippen molar-refractivity contribution < 1.29 is 9.59 Å². The molecule has 25 heavy (non-hydrogen) atoms. The van der Waals surface area contributed by atoms with Gasteiger partial charge in [-0.3, -0.25) is 14.5 Å². The molecule has 3 rings (SSSR count). The van der Waals surface area contributed by atoms with E-state index >= 15 is 0 Å². The highest BCUT2D eigenvalue weighted by molar-refractivity contribution is 6.17. The Morgan fingerprint density at radius 3 is 2.28 bits per heavy atom. The van der Waals surface area contributed by atoms with Gasteiger partial charge < -0.3 is 10.2 Å². The largest absolute Gasteiger partial charge is 0.378 e. The molecule has 5 nitrogen and oxygen atoms in total. The van der Waals surface area contributed by atoms with Crippen LogP contribution in [0, 0.1) is 0 Å². The van der Waals surface area contributed by atoms with Crippen molar-refractivity contribution in [3.63, 3.8) is 0 Å². The van der Waals surface area contributed by atoms with E-state index in [0.717, 1.165) is 16.9 Å². The molecule has 5 heteroatoms. The Morgan fingerprint density at radius 2 is 1.64 bits per heavy atom. The van der Waals surface area contributed by atoms with Crippen molar-refractivity contribution in [3.05, 3.63) is 71.9 Å². The Hall–Kier alpha value is -3.08. The van der Waals surface area contributed by atoms with Gasteiger partial charge in [-0.15, -0.1) is 0 Å². The number of imide groups is 1. The van der Waals surface area contributed by atoms with Crippen LogP contribution in [-0.2, 0) is 16.0 Å². The number of carbonyl (C=O) groups excluding carboxylic acids is 2. The summed E-state index contributed by atoms with van der Waals surface area (Å²) >= 11 is 0. The Labute approximate surface area is 147 Å². The van der Waals surface area contributed by atoms with E-state index in [4.69, 9.17) is 0 Å². The maximum atomic E-state index is 12.5. The van der Waals surface area contributed by atoms with Gasteiger partial charge in [0.15, 0.2) is 0 Å². The summed E-state index contributed by atoms with van der Waals surface area (Å²) in [6, 6.07) is 17.5. The monoisotopic (exact) mass is 335 g/mol. The van der Waals surface area contributed by atoms with Crippen LogP contribution in [0.15, 0.2) is 66.4 Å². The van der Waals surface area contributed by atoms with Crippen LogP contribution in [0.4, 0.5) is 11.4 Å². The van der Waals surface area contributed by atoms with Crippen LogP contribution in [0.1, 0.15) is 5.56 Å². The molecule has 1 N–H and O–H groups in total. The predicted molar refractivity (Wildman–Crippen MR) is 99.3 cm³/mol. The van der Waals surface area contributed by atoms with E-state index in [0.29, 0.717) is 18.7 Å². The van der Waals surface area contributed by atoms with Crippen LogP contribution in [0.3, 0.4) is 0 Å². The lowest BCUT2D eigenvalue weighted by Crippen LogP contribution is -2.33. The molecule has 2 aromatic carbocycles. The number of rotatable bonds is 6. The van der Waals surface area contributed by atoms with Gasteiger partial charge in [0.25, 0.3) is 11.8 Å². The predicted octanol–water partition coefficient (Wildman–Crippen LogP) is 2.66. The quantitative estimate of drug-likeness (QED) is 0.825. The first-order valence-corrected chi connectivity index (χ1v) is 8.20. The number of amides is 2. The van der Waals surface area contributed by atoms with E-state index in [1.54, 1.807) is 0 Å². The topological polar surface area (TPSA) is 52.7 Å². The molecule has 1 heterocycles. The first-order valence-electron chi connectivity index (χ1n) is 8.20. The summed E-state index contributed by atoms with van der Waals surface area (Å²) in [7, 11) is 3.93. The van der Waals surface area contributed by atoms with Gasteiger partial charge in [0.1, 0.15) is 5.70 Å². The first-order chi connectivity index (χ1) is 12.0. The van der Waals surface area contributed by atoms with Gasteiger partial charge in [0.05, 0.1) is 0 Å². The highest BCUT2D eigenvalue weighted by Gasteiger charge is 2.30. The van der Waals surface area contributed by atoms with Gasteiger partial charge in [-0.2, -0.15) is 0 Å². The highest BCUT2D eigenvalue weighted by atomic mass is 16.2. The number of hydrogen-bond acceptors (Lipinski definition) is 4. The van der Waals surface area contributed by atoms with Crippen LogP contribution in [0.5, 0.6) is 0 Å². The fourth-order valence-electron chi connectivity index (χ4n) is 2.69. The molecular weight excluding hydrogens is 314 g/mol. The number of hydrogen-bond donors (Lipinski definition) is 1. The average molecular weight is 335 g/mol. The highest BCUT2D eigenvalue weighted by Crippen LogP contribution is 2.20. The molecule has 1 aliphatic heterocycles. The van der Waals surface area contributed by atoms with Crippen LogP contribution in [0.25, 0.3) is 0 Å². The molecule has 0 saturated heterocycles. The van der Waals surface area contributed by atoms with E-state index in [9.17, 15) is 9.59 Å². The third-order valence-electron chi connectivity index (χ3n) is 4.14. The minimum atomic E-state index is -0.280. The lowest BCUT2D eigenvalue weighted by atomic mass is 10.1. The van der Waals surface area contributed by atoms with Crippen molar-refractivity contribution in [3.8, 4) is 0 Å². The van der Waals surface area contributed by atoms with Crippen molar-refractivity contribution in [2.24, 2.45) is 0 Å². The molecule has 128 valence electrons. The Morgan fingerprint density at radius 1 is 0.960 bits per heavy atom. The van der Waals surface area contributed by atoms with Gasteiger partial charge >= 0.3 is 0 Å². The van der Waals surface area contributed by atoms with Gasteiger partial charge in [0.2, 0.25) is 0 Å². The molecule has 0 fully saturated rings. The molecule has 0 atom stereocenters. The number of carbonyl (C=O) groups is 2. The minimum Gasteiger partial charge on any atom is -0.378 e. The summed E-state index contributed by atoms with van der Waals surface area (Å²) in [4.78, 5) is 27.9. The lowest BCUT2D eigenvalue weighted by Gasteiger charge is -2.16. The second-order valence-electron chi connectivity index (χ2n) is 6.15. The molecule has 0 aliphatic carbocycles. The molecular formula is C20H21N3O2. The van der Waals surface area contributed by atoms with Crippen molar-refractivity contribution in [1.29, 1.82) is 0 Å². The minimum absolute atomic E-state index is 0.270. The molecule has 0 bridgehead atoms. The fraction of sp³-hybridized carbons (Fsp3) is 0.200. The van der Waals surface area contributed by atoms with Gasteiger partial charge in [-0.1, -0.05) is 30.3 Å². The van der Waals surface area contributed by atoms with Crippen LogP contribution in [-0.4, -0.2) is 37.4 Å². The molecule has 0 unspecified atom stereocenters. The zero-order chi connectivity index (χ0) is 17.8. The second kappa shape index (κ2) is 7.21. The average Bonchev–Trinajstić information content (AvgIpc) is 2.88. The van der Waals surface area contributed by atoms with Crippen molar-refractivity contribution in [2.45, 2.75) is 6.42 Å². The van der Waals surface area contributed by atoms with E-state index < -0.39 is 0 Å². The molecule has 0 radical (unpaired) electrons. The zero-order valence-electron chi connectivity index (χ0n) is 14.4. The summed E-state index contributed by atoms with van der Waals surface area (Å²) in [6.07, 6.45) is 2.02. The number of nitrogens with one attached hydrogen (secondary N) is 1. The molecule has 2 amide bonds. The molecule has 0 saturated carbocycles. The maximum absolute atomic E-state index is 12.5. The second-order valence-corrected chi connectivity index (χ2v) is 6.15. The van der Waals surface area contributed by atoms with Gasteiger partial charge in [-0.25, -0.2) is 0 Å². The Bertz CT molecular complexity index is 795. The smallest absolute Gasteiger partial charge is 0.277 e. The van der Waals surface area contributed by atoms with Crippen molar-refractivity contribution in [1.82, 2.24) is 4.90 Å². The number of benzene rings is 2. The summed E-state index contributed by atoms with van der Waals surface area (Å²) < 4.78 is 0. The van der Waals surface area contributed by atoms with E-state index in [-0.39, 0.29) is 11.8 Å². The van der Waals surface area contributed by atoms with E-state index in [2.05, 4.69) is 5.32 Å². The summed E-state index contributed by atoms with van der Waals surface area (Å²) in [5, 5.41) is 3.05. The normalized spacial score (nSPS) is 13.8. The number of anilines is 2. The van der Waals surface area contributed by atoms with E-state index in [1.807, 2.05) is 73.6 Å². The number of nitrogens with zero attached hydrogens (tertiary/aromatic N) is 2. The van der Waals surface area contributed by atoms with Gasteiger partial charge in [0, 0.05) is 38.1 Å². The fourth-order valence-corrected chi connectivity index (χ4v) is 2.69. The maximum Gasteiger partial charge on any atom is 0.277 e. The van der Waals surface area contributed by atoms with Crippen LogP contribution in [0.2, 0.25) is 0 Å². The lowest BCUT2D eigenvalue weighted by molar-refractivity contribution is -0.137. The third-order valence-corrected chi connectivity index (χ3v) is 4.14. The first kappa shape index (κ1) is 16.8. The van der Waals surface area contributed by atoms with E-state index in [1.165, 1.54) is 11.0 Å². The standard InChI is InChI=1S/C20H21N3O2/c1-22(2)17-10-8-16(9-11-17)21-18-14-19(24)23(20(18)25)13-12-15-6-4-3-5-7-15/h3-11,14,21H,12-13H2,1-2H3. The third kappa shape index (κ3) is 3.88. The van der Waals surface area contributed by atoms with Crippen LogP contribution >= 0.6 is 0 Å². The molecule has 0 aromatic heterocycles. The molecule has 1 aliphatic rings. The zero-order valence-corrected chi connectivity index (χ0v) is 14.4. The summed E-state index contributed by atoms with van der Waals surface area (Å²) in [5.74, 6) is -0.550. The van der Waals surface area contributed by atoms with Crippen molar-refractivity contribution >= 4 is 23.2 Å². The van der Waals surface area contributed by atoms with Gasteiger partial charge in [-0.05, 0) is 36.2 Å². The Kier molecular flexibility index (Phi) is 4.84. The summed E-state index contributed by atoms with van der Waals surface area (Å²) in [6.45, 7) is 0.378. The van der Waals surface area contributed by atoms with Crippen molar-refractivity contribution in [2.75, 3.05) is 30.9 Å². The SMILES string of the molecule is CN(C)c1ccc(NC2=CC(=O)N(CCc3ccccc3)C2=O)cc1. The summed E-state index contributed by atoms with van der Waals surface area (Å²) in [5.41, 5.74) is 3.26. The Balaban J connectivity index is 1.63.